The third-order valence-electron chi connectivity index (χ3n) is 5.48. The van der Waals surface area contributed by atoms with E-state index in [0.717, 1.165) is 36.4 Å². The van der Waals surface area contributed by atoms with E-state index in [-0.39, 0.29) is 0 Å². The lowest BCUT2D eigenvalue weighted by atomic mass is 9.89. The van der Waals surface area contributed by atoms with Crippen LogP contribution in [0.25, 0.3) is 0 Å². The summed E-state index contributed by atoms with van der Waals surface area (Å²) in [5.41, 5.74) is 2.46. The number of likely N-dealkylation sites (tertiary alicyclic amines) is 1. The summed E-state index contributed by atoms with van der Waals surface area (Å²) in [5.74, 6) is 2.48. The molecule has 5 heteroatoms. The molecule has 3 atom stereocenters. The number of aryl methyl sites for hydroxylation is 1. The molecule has 4 rings (SSSR count). The van der Waals surface area contributed by atoms with Gasteiger partial charge in [0, 0.05) is 51.5 Å². The molecule has 2 aromatic heterocycles. The van der Waals surface area contributed by atoms with Crippen LogP contribution >= 0.6 is 0 Å². The Morgan fingerprint density at radius 1 is 1.18 bits per heavy atom. The van der Waals surface area contributed by atoms with Crippen molar-refractivity contribution in [2.24, 2.45) is 24.8 Å². The van der Waals surface area contributed by atoms with E-state index in [0.29, 0.717) is 0 Å². The van der Waals surface area contributed by atoms with Crippen molar-refractivity contribution in [3.63, 3.8) is 0 Å². The molecule has 0 N–H and O–H groups in total. The molecule has 1 aliphatic heterocycles. The van der Waals surface area contributed by atoms with Gasteiger partial charge in [-0.1, -0.05) is 0 Å². The third-order valence-corrected chi connectivity index (χ3v) is 5.48. The van der Waals surface area contributed by atoms with E-state index in [1.54, 1.807) is 6.20 Å². The molecule has 0 bridgehead atoms. The monoisotopic (exact) mass is 297 g/mol. The van der Waals surface area contributed by atoms with E-state index in [1.807, 2.05) is 30.3 Å². The van der Waals surface area contributed by atoms with Crippen molar-refractivity contribution in [3.05, 3.63) is 42.2 Å². The van der Waals surface area contributed by atoms with Crippen LogP contribution in [-0.4, -0.2) is 37.7 Å². The van der Waals surface area contributed by atoms with Gasteiger partial charge in [0.15, 0.2) is 0 Å². The minimum atomic E-state index is 0.776. The Balaban J connectivity index is 1.40. The topological polar surface area (TPSA) is 46.8 Å². The van der Waals surface area contributed by atoms with Crippen molar-refractivity contribution in [1.82, 2.24) is 24.6 Å². The molecular formula is C17H23N5. The van der Waals surface area contributed by atoms with Gasteiger partial charge in [-0.2, -0.15) is 5.10 Å². The lowest BCUT2D eigenvalue weighted by Gasteiger charge is -2.20. The van der Waals surface area contributed by atoms with Gasteiger partial charge in [-0.25, -0.2) is 0 Å². The van der Waals surface area contributed by atoms with Crippen molar-refractivity contribution in [1.29, 1.82) is 0 Å². The highest BCUT2D eigenvalue weighted by atomic mass is 15.3. The SMILES string of the molecule is Cn1nccc1CN1C[C@H]2CC[C@H](Cc3cnccn3)[C@H]2C1. The molecule has 5 nitrogen and oxygen atoms in total. The van der Waals surface area contributed by atoms with Crippen molar-refractivity contribution in [2.75, 3.05) is 13.1 Å². The number of hydrogen-bond acceptors (Lipinski definition) is 4. The minimum Gasteiger partial charge on any atom is -0.297 e. The predicted molar refractivity (Wildman–Crippen MR) is 83.9 cm³/mol. The molecule has 2 aliphatic rings. The maximum Gasteiger partial charge on any atom is 0.0589 e. The fourth-order valence-electron chi connectivity index (χ4n) is 4.34. The number of aromatic nitrogens is 4. The molecule has 3 heterocycles. The summed E-state index contributed by atoms with van der Waals surface area (Å²) < 4.78 is 1.99. The van der Waals surface area contributed by atoms with Gasteiger partial charge in [0.05, 0.1) is 11.4 Å². The third kappa shape index (κ3) is 2.65. The Labute approximate surface area is 131 Å². The van der Waals surface area contributed by atoms with Crippen LogP contribution in [0.15, 0.2) is 30.9 Å². The highest BCUT2D eigenvalue weighted by Crippen LogP contribution is 2.43. The van der Waals surface area contributed by atoms with E-state index in [2.05, 4.69) is 26.0 Å². The zero-order valence-electron chi connectivity index (χ0n) is 13.1. The van der Waals surface area contributed by atoms with E-state index in [1.165, 1.54) is 31.6 Å². The van der Waals surface area contributed by atoms with Crippen LogP contribution < -0.4 is 0 Å². The first-order chi connectivity index (χ1) is 10.8. The second kappa shape index (κ2) is 5.80. The summed E-state index contributed by atoms with van der Waals surface area (Å²) in [6, 6.07) is 2.13. The van der Waals surface area contributed by atoms with Crippen LogP contribution in [0, 0.1) is 17.8 Å². The Bertz CT molecular complexity index is 623. The van der Waals surface area contributed by atoms with Gasteiger partial charge in [0.2, 0.25) is 0 Å². The summed E-state index contributed by atoms with van der Waals surface area (Å²) in [6.45, 7) is 3.49. The minimum absolute atomic E-state index is 0.776. The molecule has 0 radical (unpaired) electrons. The van der Waals surface area contributed by atoms with Gasteiger partial charge in [-0.3, -0.25) is 19.5 Å². The number of hydrogen-bond donors (Lipinski definition) is 0. The largest absolute Gasteiger partial charge is 0.297 e. The van der Waals surface area contributed by atoms with E-state index in [9.17, 15) is 0 Å². The van der Waals surface area contributed by atoms with Crippen LogP contribution in [0.1, 0.15) is 24.2 Å². The first-order valence-corrected chi connectivity index (χ1v) is 8.23. The highest BCUT2D eigenvalue weighted by molar-refractivity contribution is 5.04. The van der Waals surface area contributed by atoms with Gasteiger partial charge in [-0.15, -0.1) is 0 Å². The predicted octanol–water partition coefficient (Wildman–Crippen LogP) is 1.91. The summed E-state index contributed by atoms with van der Waals surface area (Å²) in [4.78, 5) is 11.3. The fraction of sp³-hybridized carbons (Fsp3) is 0.588. The fourth-order valence-corrected chi connectivity index (χ4v) is 4.34. The molecule has 2 aromatic rings. The van der Waals surface area contributed by atoms with Crippen molar-refractivity contribution in [3.8, 4) is 0 Å². The summed E-state index contributed by atoms with van der Waals surface area (Å²) in [5, 5.41) is 4.28. The molecule has 116 valence electrons. The molecule has 1 aliphatic carbocycles. The average molecular weight is 297 g/mol. The molecule has 2 fully saturated rings. The molecule has 1 saturated heterocycles. The van der Waals surface area contributed by atoms with E-state index in [4.69, 9.17) is 0 Å². The normalized spacial score (nSPS) is 28.1. The summed E-state index contributed by atoms with van der Waals surface area (Å²) in [6.07, 6.45) is 11.2. The molecule has 0 amide bonds. The van der Waals surface area contributed by atoms with E-state index >= 15 is 0 Å². The quantitative estimate of drug-likeness (QED) is 0.865. The van der Waals surface area contributed by atoms with Crippen LogP contribution in [0.3, 0.4) is 0 Å². The Morgan fingerprint density at radius 3 is 2.91 bits per heavy atom. The van der Waals surface area contributed by atoms with Gasteiger partial charge in [0.25, 0.3) is 0 Å². The Morgan fingerprint density at radius 2 is 2.14 bits per heavy atom. The molecule has 0 unspecified atom stereocenters. The molecular weight excluding hydrogens is 274 g/mol. The van der Waals surface area contributed by atoms with Gasteiger partial charge in [-0.05, 0) is 43.1 Å². The lowest BCUT2D eigenvalue weighted by Crippen LogP contribution is -2.24. The van der Waals surface area contributed by atoms with Crippen LogP contribution in [-0.2, 0) is 20.0 Å². The number of rotatable bonds is 4. The standard InChI is InChI=1S/C17H23N5/c1-21-16(4-5-20-21)11-22-10-14-3-2-13(17(14)12-22)8-15-9-18-6-7-19-15/h4-7,9,13-14,17H,2-3,8,10-12H2,1H3/t13-,14-,17-/m1/s1. The zero-order chi connectivity index (χ0) is 14.9. The van der Waals surface area contributed by atoms with Crippen molar-refractivity contribution in [2.45, 2.75) is 25.8 Å². The van der Waals surface area contributed by atoms with Crippen molar-refractivity contribution >= 4 is 0 Å². The maximum absolute atomic E-state index is 4.46. The van der Waals surface area contributed by atoms with Gasteiger partial charge in [0.1, 0.15) is 0 Å². The van der Waals surface area contributed by atoms with Crippen LogP contribution in [0.5, 0.6) is 0 Å². The second-order valence-corrected chi connectivity index (χ2v) is 6.80. The van der Waals surface area contributed by atoms with Crippen molar-refractivity contribution < 1.29 is 0 Å². The molecule has 1 saturated carbocycles. The molecule has 0 aromatic carbocycles. The smallest absolute Gasteiger partial charge is 0.0589 e. The lowest BCUT2D eigenvalue weighted by molar-refractivity contribution is 0.275. The summed E-state index contributed by atoms with van der Waals surface area (Å²) >= 11 is 0. The van der Waals surface area contributed by atoms with Crippen LogP contribution in [0.4, 0.5) is 0 Å². The first-order valence-electron chi connectivity index (χ1n) is 8.23. The average Bonchev–Trinajstić information content (AvgIpc) is 3.20. The number of nitrogens with zero attached hydrogens (tertiary/aromatic N) is 5. The van der Waals surface area contributed by atoms with Gasteiger partial charge < -0.3 is 0 Å². The molecule has 0 spiro atoms. The summed E-state index contributed by atoms with van der Waals surface area (Å²) in [7, 11) is 2.03. The molecule has 22 heavy (non-hydrogen) atoms. The van der Waals surface area contributed by atoms with E-state index < -0.39 is 0 Å². The second-order valence-electron chi connectivity index (χ2n) is 6.80. The zero-order valence-corrected chi connectivity index (χ0v) is 13.1. The highest BCUT2D eigenvalue weighted by Gasteiger charge is 2.42. The maximum atomic E-state index is 4.46. The first kappa shape index (κ1) is 13.9. The van der Waals surface area contributed by atoms with Crippen LogP contribution in [0.2, 0.25) is 0 Å². The number of fused-ring (bicyclic) bond motifs is 1. The Kier molecular flexibility index (Phi) is 3.66. The van der Waals surface area contributed by atoms with Gasteiger partial charge >= 0.3 is 0 Å². The Hall–Kier alpha value is -1.75.